The second-order valence-electron chi connectivity index (χ2n) is 2.67. The van der Waals surface area contributed by atoms with Gasteiger partial charge in [-0.25, -0.2) is 13.4 Å². The van der Waals surface area contributed by atoms with Crippen molar-refractivity contribution in [3.05, 3.63) is 16.7 Å². The van der Waals surface area contributed by atoms with Crippen molar-refractivity contribution >= 4 is 37.5 Å². The van der Waals surface area contributed by atoms with Crippen molar-refractivity contribution in [3.63, 3.8) is 0 Å². The molecule has 0 fully saturated rings. The van der Waals surface area contributed by atoms with Crippen LogP contribution >= 0.6 is 15.9 Å². The third-order valence-electron chi connectivity index (χ3n) is 1.39. The molecule has 14 heavy (non-hydrogen) atoms. The topological polar surface area (TPSA) is 71.1 Å². The van der Waals surface area contributed by atoms with Crippen LogP contribution < -0.4 is 10.0 Å². The van der Waals surface area contributed by atoms with Crippen LogP contribution in [0.5, 0.6) is 0 Å². The van der Waals surface area contributed by atoms with Crippen LogP contribution in [0.3, 0.4) is 0 Å². The molecule has 0 saturated carbocycles. The molecule has 0 aliphatic carbocycles. The van der Waals surface area contributed by atoms with Gasteiger partial charge in [0.2, 0.25) is 10.0 Å². The van der Waals surface area contributed by atoms with Gasteiger partial charge in [-0.1, -0.05) is 0 Å². The van der Waals surface area contributed by atoms with E-state index in [1.54, 1.807) is 19.3 Å². The van der Waals surface area contributed by atoms with E-state index in [0.29, 0.717) is 16.0 Å². The molecule has 5 nitrogen and oxygen atoms in total. The van der Waals surface area contributed by atoms with Gasteiger partial charge in [0.15, 0.2) is 0 Å². The fraction of sp³-hybridized carbons (Fsp3) is 0.286. The van der Waals surface area contributed by atoms with Crippen molar-refractivity contribution in [3.8, 4) is 0 Å². The van der Waals surface area contributed by atoms with Crippen LogP contribution in [0, 0.1) is 0 Å². The molecule has 0 radical (unpaired) electrons. The molecule has 0 atom stereocenters. The van der Waals surface area contributed by atoms with Crippen LogP contribution in [0.15, 0.2) is 16.7 Å². The molecule has 1 rings (SSSR count). The smallest absolute Gasteiger partial charge is 0.229 e. The predicted molar refractivity (Wildman–Crippen MR) is 60.0 cm³/mol. The van der Waals surface area contributed by atoms with Crippen LogP contribution in [0.25, 0.3) is 0 Å². The van der Waals surface area contributed by atoms with Gasteiger partial charge >= 0.3 is 0 Å². The Labute approximate surface area is 91.1 Å². The molecule has 0 amide bonds. The Morgan fingerprint density at radius 1 is 1.50 bits per heavy atom. The first-order chi connectivity index (χ1) is 6.42. The summed E-state index contributed by atoms with van der Waals surface area (Å²) < 4.78 is 25.1. The molecule has 0 bridgehead atoms. The van der Waals surface area contributed by atoms with Crippen molar-refractivity contribution in [2.45, 2.75) is 0 Å². The van der Waals surface area contributed by atoms with Crippen LogP contribution in [0.1, 0.15) is 0 Å². The minimum atomic E-state index is -3.28. The zero-order chi connectivity index (χ0) is 10.8. The summed E-state index contributed by atoms with van der Waals surface area (Å²) in [4.78, 5) is 4.00. The lowest BCUT2D eigenvalue weighted by molar-refractivity contribution is 0.607. The Kier molecular flexibility index (Phi) is 3.33. The summed E-state index contributed by atoms with van der Waals surface area (Å²) in [5, 5.41) is 2.79. The molecule has 1 aromatic heterocycles. The Bertz CT molecular complexity index is 433. The molecule has 7 heteroatoms. The normalized spacial score (nSPS) is 11.1. The summed E-state index contributed by atoms with van der Waals surface area (Å²) in [7, 11) is -1.61. The van der Waals surface area contributed by atoms with E-state index in [1.807, 2.05) is 0 Å². The number of halogens is 1. The highest BCUT2D eigenvalue weighted by Gasteiger charge is 2.07. The molecular formula is C7H10BrN3O2S. The lowest BCUT2D eigenvalue weighted by Crippen LogP contribution is -2.11. The number of hydrogen-bond donors (Lipinski definition) is 2. The van der Waals surface area contributed by atoms with Crippen LogP contribution in [-0.4, -0.2) is 26.7 Å². The molecule has 1 heterocycles. The monoisotopic (exact) mass is 279 g/mol. The molecule has 0 aliphatic heterocycles. The van der Waals surface area contributed by atoms with Gasteiger partial charge in [0, 0.05) is 17.7 Å². The summed E-state index contributed by atoms with van der Waals surface area (Å²) in [5.74, 6) is 0.485. The Morgan fingerprint density at radius 3 is 2.64 bits per heavy atom. The van der Waals surface area contributed by atoms with Gasteiger partial charge in [-0.2, -0.15) is 0 Å². The first-order valence-electron chi connectivity index (χ1n) is 3.73. The van der Waals surface area contributed by atoms with Crippen LogP contribution in [0.4, 0.5) is 11.5 Å². The van der Waals surface area contributed by atoms with Gasteiger partial charge in [0.25, 0.3) is 0 Å². The first-order valence-corrected chi connectivity index (χ1v) is 6.42. The summed E-state index contributed by atoms with van der Waals surface area (Å²) in [6, 6.07) is 1.64. The Hall–Kier alpha value is -0.820. The zero-order valence-corrected chi connectivity index (χ0v) is 10.1. The minimum Gasteiger partial charge on any atom is -0.371 e. The zero-order valence-electron chi connectivity index (χ0n) is 7.70. The van der Waals surface area contributed by atoms with E-state index in [1.165, 1.54) is 0 Å². The minimum absolute atomic E-state index is 0.421. The standard InChI is InChI=1S/C7H10BrN3O2S/c1-9-7-6(11-14(2,12)13)3-5(8)4-10-7/h3-4,11H,1-2H3,(H,9,10). The summed E-state index contributed by atoms with van der Waals surface area (Å²) in [6.45, 7) is 0. The third kappa shape index (κ3) is 3.15. The quantitative estimate of drug-likeness (QED) is 0.874. The fourth-order valence-corrected chi connectivity index (χ4v) is 1.80. The van der Waals surface area contributed by atoms with Gasteiger partial charge in [0.05, 0.1) is 11.9 Å². The second-order valence-corrected chi connectivity index (χ2v) is 5.34. The molecule has 2 N–H and O–H groups in total. The van der Waals surface area contributed by atoms with E-state index in [9.17, 15) is 8.42 Å². The largest absolute Gasteiger partial charge is 0.371 e. The summed E-state index contributed by atoms with van der Waals surface area (Å²) >= 11 is 3.21. The van der Waals surface area contributed by atoms with E-state index < -0.39 is 10.0 Å². The number of sulfonamides is 1. The van der Waals surface area contributed by atoms with Crippen molar-refractivity contribution in [2.24, 2.45) is 0 Å². The van der Waals surface area contributed by atoms with E-state index >= 15 is 0 Å². The molecule has 0 aliphatic rings. The molecule has 0 spiro atoms. The second kappa shape index (κ2) is 4.14. The number of aromatic nitrogens is 1. The van der Waals surface area contributed by atoms with Gasteiger partial charge < -0.3 is 5.32 Å². The Balaban J connectivity index is 3.11. The van der Waals surface area contributed by atoms with Crippen molar-refractivity contribution in [1.29, 1.82) is 0 Å². The SMILES string of the molecule is CNc1ncc(Br)cc1NS(C)(=O)=O. The summed E-state index contributed by atoms with van der Waals surface area (Å²) in [5.41, 5.74) is 0.421. The molecule has 78 valence electrons. The van der Waals surface area contributed by atoms with E-state index in [4.69, 9.17) is 0 Å². The van der Waals surface area contributed by atoms with Gasteiger partial charge in [-0.05, 0) is 22.0 Å². The van der Waals surface area contributed by atoms with Crippen LogP contribution in [-0.2, 0) is 10.0 Å². The van der Waals surface area contributed by atoms with Gasteiger partial charge in [0.1, 0.15) is 5.82 Å². The number of pyridine rings is 1. The Morgan fingerprint density at radius 2 is 2.14 bits per heavy atom. The maximum atomic E-state index is 11.0. The van der Waals surface area contributed by atoms with E-state index in [0.717, 1.165) is 6.26 Å². The highest BCUT2D eigenvalue weighted by Crippen LogP contribution is 2.23. The van der Waals surface area contributed by atoms with Crippen molar-refractivity contribution in [2.75, 3.05) is 23.3 Å². The number of nitrogens with one attached hydrogen (secondary N) is 2. The van der Waals surface area contributed by atoms with Crippen molar-refractivity contribution < 1.29 is 8.42 Å². The number of rotatable bonds is 3. The number of nitrogens with zero attached hydrogens (tertiary/aromatic N) is 1. The summed E-state index contributed by atoms with van der Waals surface area (Å²) in [6.07, 6.45) is 2.67. The van der Waals surface area contributed by atoms with Crippen LogP contribution in [0.2, 0.25) is 0 Å². The maximum Gasteiger partial charge on any atom is 0.229 e. The number of anilines is 2. The lowest BCUT2D eigenvalue weighted by Gasteiger charge is -2.09. The average molecular weight is 280 g/mol. The third-order valence-corrected chi connectivity index (χ3v) is 2.41. The van der Waals surface area contributed by atoms with Crippen molar-refractivity contribution in [1.82, 2.24) is 4.98 Å². The van der Waals surface area contributed by atoms with E-state index in [-0.39, 0.29) is 0 Å². The van der Waals surface area contributed by atoms with Gasteiger partial charge in [-0.15, -0.1) is 0 Å². The lowest BCUT2D eigenvalue weighted by atomic mass is 10.4. The molecule has 0 saturated heterocycles. The predicted octanol–water partition coefficient (Wildman–Crippen LogP) is 1.26. The molecule has 1 aromatic rings. The average Bonchev–Trinajstić information content (AvgIpc) is 2.01. The van der Waals surface area contributed by atoms with E-state index in [2.05, 4.69) is 31.0 Å². The molecular weight excluding hydrogens is 270 g/mol. The maximum absolute atomic E-state index is 11.0. The first kappa shape index (κ1) is 11.3. The fourth-order valence-electron chi connectivity index (χ4n) is 0.916. The van der Waals surface area contributed by atoms with Gasteiger partial charge in [-0.3, -0.25) is 4.72 Å². The highest BCUT2D eigenvalue weighted by molar-refractivity contribution is 9.10. The molecule has 0 unspecified atom stereocenters. The molecule has 0 aromatic carbocycles. The highest BCUT2D eigenvalue weighted by atomic mass is 79.9. The number of hydrogen-bond acceptors (Lipinski definition) is 4.